The number of aromatic nitrogens is 3. The van der Waals surface area contributed by atoms with Crippen LogP contribution in [0.2, 0.25) is 0 Å². The maximum absolute atomic E-state index is 9.89. The van der Waals surface area contributed by atoms with Crippen LogP contribution in [0.1, 0.15) is 12.2 Å². The van der Waals surface area contributed by atoms with E-state index in [2.05, 4.69) is 10.2 Å². The lowest BCUT2D eigenvalue weighted by molar-refractivity contribution is 0.391. The van der Waals surface area contributed by atoms with Gasteiger partial charge in [0.25, 0.3) is 0 Å². The van der Waals surface area contributed by atoms with Crippen molar-refractivity contribution in [1.82, 2.24) is 14.8 Å². The van der Waals surface area contributed by atoms with E-state index in [0.29, 0.717) is 23.9 Å². The number of benzene rings is 1. The predicted octanol–water partition coefficient (Wildman–Crippen LogP) is 0.877. The molecule has 1 aliphatic rings. The van der Waals surface area contributed by atoms with Gasteiger partial charge in [0.2, 0.25) is 0 Å². The van der Waals surface area contributed by atoms with Crippen molar-refractivity contribution in [2.24, 2.45) is 11.7 Å². The van der Waals surface area contributed by atoms with E-state index >= 15 is 0 Å². The van der Waals surface area contributed by atoms with Gasteiger partial charge in [0.15, 0.2) is 5.82 Å². The summed E-state index contributed by atoms with van der Waals surface area (Å²) in [5, 5.41) is 27.7. The molecular formula is C13H16N4O2. The van der Waals surface area contributed by atoms with Gasteiger partial charge in [-0.1, -0.05) is 0 Å². The zero-order chi connectivity index (χ0) is 13.4. The van der Waals surface area contributed by atoms with Crippen LogP contribution in [0, 0.1) is 5.92 Å². The van der Waals surface area contributed by atoms with Crippen molar-refractivity contribution in [3.05, 3.63) is 24.0 Å². The monoisotopic (exact) mass is 260 g/mol. The van der Waals surface area contributed by atoms with Crippen molar-refractivity contribution in [3.8, 4) is 22.9 Å². The molecule has 0 fully saturated rings. The highest BCUT2D eigenvalue weighted by Crippen LogP contribution is 2.33. The quantitative estimate of drug-likeness (QED) is 0.696. The van der Waals surface area contributed by atoms with Crippen LogP contribution in [-0.4, -0.2) is 31.5 Å². The predicted molar refractivity (Wildman–Crippen MR) is 69.7 cm³/mol. The molecule has 0 amide bonds. The van der Waals surface area contributed by atoms with E-state index in [9.17, 15) is 10.2 Å². The number of nitrogens with zero attached hydrogens (tertiary/aromatic N) is 3. The number of hydrogen-bond donors (Lipinski definition) is 3. The molecule has 100 valence electrons. The van der Waals surface area contributed by atoms with Crippen molar-refractivity contribution in [3.63, 3.8) is 0 Å². The number of nitrogens with two attached hydrogens (primary N) is 1. The van der Waals surface area contributed by atoms with E-state index in [1.165, 1.54) is 18.2 Å². The Bertz CT molecular complexity index is 609. The van der Waals surface area contributed by atoms with Gasteiger partial charge in [-0.2, -0.15) is 0 Å². The summed E-state index contributed by atoms with van der Waals surface area (Å²) in [7, 11) is 0. The minimum Gasteiger partial charge on any atom is -0.508 e. The molecule has 1 aliphatic heterocycles. The van der Waals surface area contributed by atoms with Gasteiger partial charge >= 0.3 is 0 Å². The summed E-state index contributed by atoms with van der Waals surface area (Å²) in [4.78, 5) is 0. The third-order valence-electron chi connectivity index (χ3n) is 3.61. The first-order valence-corrected chi connectivity index (χ1v) is 6.33. The first-order chi connectivity index (χ1) is 9.19. The van der Waals surface area contributed by atoms with Crippen LogP contribution >= 0.6 is 0 Å². The molecule has 0 saturated carbocycles. The van der Waals surface area contributed by atoms with Gasteiger partial charge < -0.3 is 20.5 Å². The SMILES string of the molecule is NCC1CCn2c(nnc2-c2cc(O)ccc2O)C1. The van der Waals surface area contributed by atoms with Crippen molar-refractivity contribution in [1.29, 1.82) is 0 Å². The van der Waals surface area contributed by atoms with Crippen molar-refractivity contribution in [2.75, 3.05) is 6.54 Å². The molecule has 4 N–H and O–H groups in total. The largest absolute Gasteiger partial charge is 0.508 e. The van der Waals surface area contributed by atoms with Crippen LogP contribution in [0.25, 0.3) is 11.4 Å². The summed E-state index contributed by atoms with van der Waals surface area (Å²) in [5.74, 6) is 2.12. The zero-order valence-electron chi connectivity index (χ0n) is 10.5. The van der Waals surface area contributed by atoms with Gasteiger partial charge in [0, 0.05) is 13.0 Å². The Labute approximate surface area is 110 Å². The number of rotatable bonds is 2. The lowest BCUT2D eigenvalue weighted by Gasteiger charge is -2.22. The van der Waals surface area contributed by atoms with Crippen molar-refractivity contribution >= 4 is 0 Å². The lowest BCUT2D eigenvalue weighted by Crippen LogP contribution is -2.25. The molecule has 1 unspecified atom stereocenters. The van der Waals surface area contributed by atoms with E-state index in [-0.39, 0.29) is 11.5 Å². The molecule has 0 aliphatic carbocycles. The minimum absolute atomic E-state index is 0.0916. The van der Waals surface area contributed by atoms with Gasteiger partial charge in [-0.15, -0.1) is 10.2 Å². The smallest absolute Gasteiger partial charge is 0.167 e. The van der Waals surface area contributed by atoms with Crippen LogP contribution in [0.3, 0.4) is 0 Å². The van der Waals surface area contributed by atoms with E-state index in [0.717, 1.165) is 25.2 Å². The highest BCUT2D eigenvalue weighted by Gasteiger charge is 2.23. The molecule has 0 radical (unpaired) electrons. The maximum Gasteiger partial charge on any atom is 0.167 e. The van der Waals surface area contributed by atoms with Gasteiger partial charge in [-0.3, -0.25) is 0 Å². The normalized spacial score (nSPS) is 18.3. The second-order valence-electron chi connectivity index (χ2n) is 4.89. The first kappa shape index (κ1) is 12.0. The van der Waals surface area contributed by atoms with E-state index in [1.807, 2.05) is 4.57 Å². The van der Waals surface area contributed by atoms with Crippen molar-refractivity contribution < 1.29 is 10.2 Å². The Hall–Kier alpha value is -2.08. The average Bonchev–Trinajstić information content (AvgIpc) is 2.84. The summed E-state index contributed by atoms with van der Waals surface area (Å²) in [6.07, 6.45) is 1.79. The number of phenolic OH excluding ortho intramolecular Hbond substituents is 2. The second kappa shape index (κ2) is 4.55. The molecular weight excluding hydrogens is 244 g/mol. The fourth-order valence-electron chi connectivity index (χ4n) is 2.50. The number of fused-ring (bicyclic) bond motifs is 1. The Morgan fingerprint density at radius 2 is 2.16 bits per heavy atom. The molecule has 0 saturated heterocycles. The molecule has 1 atom stereocenters. The summed E-state index contributed by atoms with van der Waals surface area (Å²) in [6, 6.07) is 4.40. The summed E-state index contributed by atoms with van der Waals surface area (Å²) in [5.41, 5.74) is 6.20. The van der Waals surface area contributed by atoms with Gasteiger partial charge in [-0.25, -0.2) is 0 Å². The molecule has 19 heavy (non-hydrogen) atoms. The van der Waals surface area contributed by atoms with Crippen LogP contribution in [-0.2, 0) is 13.0 Å². The topological polar surface area (TPSA) is 97.2 Å². The van der Waals surface area contributed by atoms with Crippen LogP contribution in [0.15, 0.2) is 18.2 Å². The molecule has 3 rings (SSSR count). The molecule has 6 nitrogen and oxygen atoms in total. The number of aromatic hydroxyl groups is 2. The van der Waals surface area contributed by atoms with E-state index < -0.39 is 0 Å². The molecule has 0 bridgehead atoms. The minimum atomic E-state index is 0.0916. The Balaban J connectivity index is 2.03. The zero-order valence-corrected chi connectivity index (χ0v) is 10.5. The lowest BCUT2D eigenvalue weighted by atomic mass is 9.98. The summed E-state index contributed by atoms with van der Waals surface area (Å²) >= 11 is 0. The van der Waals surface area contributed by atoms with Gasteiger partial charge in [-0.05, 0) is 37.1 Å². The van der Waals surface area contributed by atoms with Crippen molar-refractivity contribution in [2.45, 2.75) is 19.4 Å². The third kappa shape index (κ3) is 2.04. The maximum atomic E-state index is 9.89. The van der Waals surface area contributed by atoms with Crippen LogP contribution < -0.4 is 5.73 Å². The number of hydrogen-bond acceptors (Lipinski definition) is 5. The Morgan fingerprint density at radius 1 is 1.32 bits per heavy atom. The van der Waals surface area contributed by atoms with E-state index in [4.69, 9.17) is 5.73 Å². The van der Waals surface area contributed by atoms with Gasteiger partial charge in [0.05, 0.1) is 5.56 Å². The summed E-state index contributed by atoms with van der Waals surface area (Å²) in [6.45, 7) is 1.44. The fourth-order valence-corrected chi connectivity index (χ4v) is 2.50. The molecule has 2 heterocycles. The van der Waals surface area contributed by atoms with Crippen LogP contribution in [0.4, 0.5) is 0 Å². The molecule has 6 heteroatoms. The highest BCUT2D eigenvalue weighted by atomic mass is 16.3. The standard InChI is InChI=1S/C13H16N4O2/c14-7-8-3-4-17-12(5-8)15-16-13(17)10-6-9(18)1-2-11(10)19/h1-2,6,8,18-19H,3-5,7,14H2. The molecule has 2 aromatic rings. The second-order valence-corrected chi connectivity index (χ2v) is 4.89. The van der Waals surface area contributed by atoms with E-state index in [1.54, 1.807) is 0 Å². The fraction of sp³-hybridized carbons (Fsp3) is 0.385. The number of phenols is 2. The van der Waals surface area contributed by atoms with Gasteiger partial charge in [0.1, 0.15) is 17.3 Å². The highest BCUT2D eigenvalue weighted by molar-refractivity contribution is 5.66. The van der Waals surface area contributed by atoms with Crippen LogP contribution in [0.5, 0.6) is 11.5 Å². The Kier molecular flexibility index (Phi) is 2.87. The molecule has 1 aromatic heterocycles. The Morgan fingerprint density at radius 3 is 2.95 bits per heavy atom. The average molecular weight is 260 g/mol. The first-order valence-electron chi connectivity index (χ1n) is 6.33. The molecule has 0 spiro atoms. The third-order valence-corrected chi connectivity index (χ3v) is 3.61. The summed E-state index contributed by atoms with van der Waals surface area (Å²) < 4.78 is 1.99. The molecule has 1 aromatic carbocycles.